The van der Waals surface area contributed by atoms with Gasteiger partial charge in [-0.1, -0.05) is 39.7 Å². The van der Waals surface area contributed by atoms with E-state index in [1.54, 1.807) is 0 Å². The highest BCUT2D eigenvalue weighted by Crippen LogP contribution is 2.36. The lowest BCUT2D eigenvalue weighted by Gasteiger charge is -2.15. The molecule has 0 spiro atoms. The van der Waals surface area contributed by atoms with Gasteiger partial charge in [0.25, 0.3) is 0 Å². The summed E-state index contributed by atoms with van der Waals surface area (Å²) in [6.07, 6.45) is 1.14. The summed E-state index contributed by atoms with van der Waals surface area (Å²) in [5, 5.41) is 0.788. The number of hydrogen-bond donors (Lipinski definition) is 0. The van der Waals surface area contributed by atoms with Crippen molar-refractivity contribution in [2.45, 2.75) is 11.2 Å². The Balaban J connectivity index is 2.09. The first-order valence-electron chi connectivity index (χ1n) is 4.74. The predicted molar refractivity (Wildman–Crippen MR) is 62.0 cm³/mol. The third-order valence-corrected chi connectivity index (χ3v) is 4.10. The molecule has 0 aromatic heterocycles. The molecule has 1 saturated heterocycles. The molecule has 0 bridgehead atoms. The van der Waals surface area contributed by atoms with Crippen molar-refractivity contribution >= 4 is 27.5 Å². The first-order valence-corrected chi connectivity index (χ1v) is 6.04. The molecule has 1 nitrogen and oxygen atoms in total. The van der Waals surface area contributed by atoms with Gasteiger partial charge in [0, 0.05) is 22.4 Å². The van der Waals surface area contributed by atoms with Crippen molar-refractivity contribution < 1.29 is 4.74 Å². The van der Waals surface area contributed by atoms with Gasteiger partial charge in [-0.15, -0.1) is 0 Å². The van der Waals surface area contributed by atoms with Gasteiger partial charge in [-0.3, -0.25) is 0 Å². The predicted octanol–water partition coefficient (Wildman–Crippen LogP) is 3.81. The monoisotopic (exact) mass is 274 g/mol. The Kier molecular flexibility index (Phi) is 3.47. The van der Waals surface area contributed by atoms with Crippen molar-refractivity contribution in [1.29, 1.82) is 0 Å². The van der Waals surface area contributed by atoms with Gasteiger partial charge in [0.2, 0.25) is 0 Å². The van der Waals surface area contributed by atoms with Crippen LogP contribution < -0.4 is 0 Å². The zero-order chi connectivity index (χ0) is 9.97. The van der Waals surface area contributed by atoms with E-state index in [1.807, 2.05) is 12.1 Å². The largest absolute Gasteiger partial charge is 0.381 e. The maximum atomic E-state index is 5.84. The van der Waals surface area contributed by atoms with Crippen molar-refractivity contribution in [2.75, 3.05) is 13.2 Å². The Morgan fingerprint density at radius 1 is 1.36 bits per heavy atom. The minimum Gasteiger partial charge on any atom is -0.381 e. The van der Waals surface area contributed by atoms with Crippen LogP contribution in [0.2, 0.25) is 5.02 Å². The molecule has 1 aliphatic rings. The molecule has 0 radical (unpaired) electrons. The topological polar surface area (TPSA) is 9.23 Å². The molecule has 0 aliphatic carbocycles. The van der Waals surface area contributed by atoms with Crippen molar-refractivity contribution in [2.24, 2.45) is 5.92 Å². The average Bonchev–Trinajstić information content (AvgIpc) is 2.71. The smallest absolute Gasteiger partial charge is 0.0509 e. The van der Waals surface area contributed by atoms with Crippen LogP contribution in [0.4, 0.5) is 0 Å². The van der Waals surface area contributed by atoms with Crippen LogP contribution in [0, 0.1) is 5.92 Å². The lowest BCUT2D eigenvalue weighted by molar-refractivity contribution is 0.185. The molecule has 0 amide bonds. The van der Waals surface area contributed by atoms with Crippen molar-refractivity contribution in [1.82, 2.24) is 0 Å². The molecule has 0 N–H and O–H groups in total. The van der Waals surface area contributed by atoms with E-state index in [9.17, 15) is 0 Å². The van der Waals surface area contributed by atoms with Gasteiger partial charge in [-0.2, -0.15) is 0 Å². The summed E-state index contributed by atoms with van der Waals surface area (Å²) < 4.78 is 5.37. The molecule has 76 valence electrons. The molecular formula is C11H12BrClO. The summed E-state index contributed by atoms with van der Waals surface area (Å²) in [6.45, 7) is 1.75. The van der Waals surface area contributed by atoms with Crippen molar-refractivity contribution in [3.63, 3.8) is 0 Å². The van der Waals surface area contributed by atoms with Crippen LogP contribution in [0.15, 0.2) is 24.3 Å². The van der Waals surface area contributed by atoms with Crippen molar-refractivity contribution in [3.05, 3.63) is 34.9 Å². The van der Waals surface area contributed by atoms with Gasteiger partial charge in [0.15, 0.2) is 0 Å². The fraction of sp³-hybridized carbons (Fsp3) is 0.455. The van der Waals surface area contributed by atoms with Crippen LogP contribution in [0.25, 0.3) is 0 Å². The van der Waals surface area contributed by atoms with E-state index in [0.717, 1.165) is 24.7 Å². The van der Waals surface area contributed by atoms with Crippen LogP contribution in [0.5, 0.6) is 0 Å². The molecule has 1 heterocycles. The normalized spacial score (nSPS) is 23.7. The van der Waals surface area contributed by atoms with Gasteiger partial charge in [-0.25, -0.2) is 0 Å². The van der Waals surface area contributed by atoms with Gasteiger partial charge in [0.05, 0.1) is 6.61 Å². The number of benzene rings is 1. The summed E-state index contributed by atoms with van der Waals surface area (Å²) in [6, 6.07) is 8.00. The fourth-order valence-electron chi connectivity index (χ4n) is 1.70. The van der Waals surface area contributed by atoms with Crippen LogP contribution in [-0.2, 0) is 4.74 Å². The maximum Gasteiger partial charge on any atom is 0.0509 e. The highest BCUT2D eigenvalue weighted by atomic mass is 79.9. The van der Waals surface area contributed by atoms with Crippen LogP contribution >= 0.6 is 27.5 Å². The Bertz CT molecular complexity index is 293. The average molecular weight is 276 g/mol. The second-order valence-electron chi connectivity index (χ2n) is 3.58. The zero-order valence-corrected chi connectivity index (χ0v) is 10.1. The second kappa shape index (κ2) is 4.65. The summed E-state index contributed by atoms with van der Waals surface area (Å²) >= 11 is 9.55. The molecule has 3 heteroatoms. The van der Waals surface area contributed by atoms with Gasteiger partial charge < -0.3 is 4.74 Å². The third kappa shape index (κ3) is 2.30. The Morgan fingerprint density at radius 2 is 2.07 bits per heavy atom. The molecule has 1 aromatic rings. The van der Waals surface area contributed by atoms with E-state index in [1.165, 1.54) is 5.56 Å². The van der Waals surface area contributed by atoms with Crippen LogP contribution in [0.1, 0.15) is 16.8 Å². The molecule has 1 aliphatic heterocycles. The first-order chi connectivity index (χ1) is 6.77. The standard InChI is InChI=1S/C11H12BrClO/c12-11(9-5-6-14-7-9)8-1-3-10(13)4-2-8/h1-4,9,11H,5-7H2. The van der Waals surface area contributed by atoms with Crippen LogP contribution in [0.3, 0.4) is 0 Å². The van der Waals surface area contributed by atoms with Gasteiger partial charge in [-0.05, 0) is 24.1 Å². The highest BCUT2D eigenvalue weighted by molar-refractivity contribution is 9.09. The molecular weight excluding hydrogens is 263 g/mol. The zero-order valence-electron chi connectivity index (χ0n) is 7.75. The van der Waals surface area contributed by atoms with Crippen molar-refractivity contribution in [3.8, 4) is 0 Å². The lowest BCUT2D eigenvalue weighted by Crippen LogP contribution is -2.06. The van der Waals surface area contributed by atoms with E-state index < -0.39 is 0 Å². The van der Waals surface area contributed by atoms with Gasteiger partial charge in [0.1, 0.15) is 0 Å². The fourth-order valence-corrected chi connectivity index (χ4v) is 2.55. The molecule has 0 saturated carbocycles. The van der Waals surface area contributed by atoms with E-state index in [4.69, 9.17) is 16.3 Å². The van der Waals surface area contributed by atoms with E-state index >= 15 is 0 Å². The SMILES string of the molecule is Clc1ccc(C(Br)C2CCOC2)cc1. The first kappa shape index (κ1) is 10.5. The molecule has 2 rings (SSSR count). The number of hydrogen-bond acceptors (Lipinski definition) is 1. The summed E-state index contributed by atoms with van der Waals surface area (Å²) in [5.74, 6) is 0.594. The highest BCUT2D eigenvalue weighted by Gasteiger charge is 2.24. The van der Waals surface area contributed by atoms with E-state index in [-0.39, 0.29) is 0 Å². The maximum absolute atomic E-state index is 5.84. The quantitative estimate of drug-likeness (QED) is 0.746. The molecule has 2 atom stereocenters. The summed E-state index contributed by atoms with van der Waals surface area (Å²) in [5.41, 5.74) is 1.28. The molecule has 2 unspecified atom stereocenters. The van der Waals surface area contributed by atoms with E-state index in [2.05, 4.69) is 28.1 Å². The minimum atomic E-state index is 0.391. The van der Waals surface area contributed by atoms with Crippen LogP contribution in [-0.4, -0.2) is 13.2 Å². The lowest BCUT2D eigenvalue weighted by atomic mass is 9.99. The number of ether oxygens (including phenoxy) is 1. The Morgan fingerprint density at radius 3 is 2.64 bits per heavy atom. The van der Waals surface area contributed by atoms with E-state index in [0.29, 0.717) is 10.7 Å². The minimum absolute atomic E-state index is 0.391. The molecule has 14 heavy (non-hydrogen) atoms. The number of rotatable bonds is 2. The summed E-state index contributed by atoms with van der Waals surface area (Å²) in [4.78, 5) is 0.391. The Labute approximate surface area is 97.5 Å². The Hall–Kier alpha value is -0.0500. The number of alkyl halides is 1. The number of halogens is 2. The van der Waals surface area contributed by atoms with Gasteiger partial charge >= 0.3 is 0 Å². The summed E-state index contributed by atoms with van der Waals surface area (Å²) in [7, 11) is 0. The molecule has 1 aromatic carbocycles. The third-order valence-electron chi connectivity index (χ3n) is 2.57. The molecule has 1 fully saturated rings. The second-order valence-corrected chi connectivity index (χ2v) is 5.00.